The van der Waals surface area contributed by atoms with Gasteiger partial charge in [0.2, 0.25) is 5.91 Å². The van der Waals surface area contributed by atoms with Gasteiger partial charge in [-0.1, -0.05) is 70.4 Å². The summed E-state index contributed by atoms with van der Waals surface area (Å²) < 4.78 is 0. The molecule has 1 aliphatic heterocycles. The van der Waals surface area contributed by atoms with E-state index in [-0.39, 0.29) is 24.4 Å². The Morgan fingerprint density at radius 2 is 1.82 bits per heavy atom. The van der Waals surface area contributed by atoms with E-state index in [0.29, 0.717) is 12.3 Å². The van der Waals surface area contributed by atoms with Crippen LogP contribution >= 0.6 is 0 Å². The van der Waals surface area contributed by atoms with Gasteiger partial charge < -0.3 is 10.6 Å². The molecule has 0 spiro atoms. The first-order valence-electron chi connectivity index (χ1n) is 10.3. The zero-order chi connectivity index (χ0) is 20.7. The molecular formula is C22H33N3O3. The smallest absolute Gasteiger partial charge is 0.325 e. The second-order valence-electron chi connectivity index (χ2n) is 8.14. The largest absolute Gasteiger partial charge is 0.352 e. The minimum atomic E-state index is -1.09. The maximum Gasteiger partial charge on any atom is 0.325 e. The van der Waals surface area contributed by atoms with Crippen molar-refractivity contribution in [3.8, 4) is 0 Å². The van der Waals surface area contributed by atoms with Crippen LogP contribution in [0, 0.1) is 5.92 Å². The Hall–Kier alpha value is -2.37. The van der Waals surface area contributed by atoms with Crippen molar-refractivity contribution >= 4 is 17.8 Å². The molecule has 0 aromatic heterocycles. The number of nitrogens with one attached hydrogen (secondary N) is 2. The minimum absolute atomic E-state index is 0.0153. The summed E-state index contributed by atoms with van der Waals surface area (Å²) in [6.45, 7) is 8.03. The number of amides is 4. The molecule has 1 aliphatic rings. The van der Waals surface area contributed by atoms with E-state index in [9.17, 15) is 14.4 Å². The van der Waals surface area contributed by atoms with Gasteiger partial charge in [0.25, 0.3) is 5.91 Å². The zero-order valence-electron chi connectivity index (χ0n) is 17.5. The van der Waals surface area contributed by atoms with Gasteiger partial charge in [0.05, 0.1) is 0 Å². The molecule has 2 atom stereocenters. The molecule has 1 fully saturated rings. The van der Waals surface area contributed by atoms with E-state index < -0.39 is 11.6 Å². The summed E-state index contributed by atoms with van der Waals surface area (Å²) in [5.74, 6) is -0.0208. The lowest BCUT2D eigenvalue weighted by Crippen LogP contribution is -2.46. The highest BCUT2D eigenvalue weighted by Gasteiger charge is 2.52. The van der Waals surface area contributed by atoms with E-state index in [1.807, 2.05) is 44.2 Å². The average molecular weight is 388 g/mol. The second-order valence-corrected chi connectivity index (χ2v) is 8.14. The second kappa shape index (κ2) is 9.71. The topological polar surface area (TPSA) is 78.5 Å². The van der Waals surface area contributed by atoms with Gasteiger partial charge in [0.1, 0.15) is 12.1 Å². The first-order chi connectivity index (χ1) is 13.3. The number of nitrogens with zero attached hydrogens (tertiary/aromatic N) is 1. The first-order valence-corrected chi connectivity index (χ1v) is 10.3. The van der Waals surface area contributed by atoms with Crippen molar-refractivity contribution in [2.75, 3.05) is 6.54 Å². The quantitative estimate of drug-likeness (QED) is 0.603. The number of benzene rings is 1. The van der Waals surface area contributed by atoms with Crippen molar-refractivity contribution in [1.82, 2.24) is 15.5 Å². The monoisotopic (exact) mass is 387 g/mol. The van der Waals surface area contributed by atoms with Gasteiger partial charge in [-0.2, -0.15) is 0 Å². The van der Waals surface area contributed by atoms with Crippen LogP contribution in [0.4, 0.5) is 4.79 Å². The molecule has 0 unspecified atom stereocenters. The Morgan fingerprint density at radius 3 is 2.43 bits per heavy atom. The van der Waals surface area contributed by atoms with Crippen molar-refractivity contribution in [3.05, 3.63) is 35.9 Å². The first kappa shape index (κ1) is 21.9. The van der Waals surface area contributed by atoms with Gasteiger partial charge in [-0.05, 0) is 31.2 Å². The molecule has 6 nitrogen and oxygen atoms in total. The molecular weight excluding hydrogens is 354 g/mol. The Balaban J connectivity index is 2.03. The molecule has 2 rings (SSSR count). The van der Waals surface area contributed by atoms with E-state index in [2.05, 4.69) is 24.5 Å². The predicted octanol–water partition coefficient (Wildman–Crippen LogP) is 3.56. The summed E-state index contributed by atoms with van der Waals surface area (Å²) in [5.41, 5.74) is -0.337. The summed E-state index contributed by atoms with van der Waals surface area (Å²) in [4.78, 5) is 39.1. The van der Waals surface area contributed by atoms with Crippen LogP contribution in [0.1, 0.15) is 65.4 Å². The van der Waals surface area contributed by atoms with E-state index in [1.165, 1.54) is 0 Å². The third-order valence-corrected chi connectivity index (χ3v) is 5.20. The van der Waals surface area contributed by atoms with Gasteiger partial charge in [0.15, 0.2) is 0 Å². The van der Waals surface area contributed by atoms with Crippen molar-refractivity contribution in [3.63, 3.8) is 0 Å². The van der Waals surface area contributed by atoms with Crippen LogP contribution in [-0.2, 0) is 15.1 Å². The molecule has 0 saturated carbocycles. The van der Waals surface area contributed by atoms with Gasteiger partial charge in [-0.3, -0.25) is 14.5 Å². The fraction of sp³-hybridized carbons (Fsp3) is 0.591. The highest BCUT2D eigenvalue weighted by molar-refractivity contribution is 6.09. The van der Waals surface area contributed by atoms with Gasteiger partial charge >= 0.3 is 6.03 Å². The number of hydrogen-bond acceptors (Lipinski definition) is 3. The molecule has 0 bridgehead atoms. The SMILES string of the molecule is CCC[C@]1(c2ccccc2)NC(=O)N(CC(=O)N[C@@H](C)CCCC(C)C)C1=O. The van der Waals surface area contributed by atoms with Crippen LogP contribution in [0.5, 0.6) is 0 Å². The Labute approximate surface area is 168 Å². The predicted molar refractivity (Wildman–Crippen MR) is 110 cm³/mol. The number of rotatable bonds is 10. The molecule has 0 radical (unpaired) electrons. The minimum Gasteiger partial charge on any atom is -0.352 e. The normalized spacial score (nSPS) is 20.4. The molecule has 154 valence electrons. The van der Waals surface area contributed by atoms with Crippen LogP contribution in [0.2, 0.25) is 0 Å². The number of urea groups is 1. The fourth-order valence-electron chi connectivity index (χ4n) is 3.75. The lowest BCUT2D eigenvalue weighted by molar-refractivity contribution is -0.135. The van der Waals surface area contributed by atoms with E-state index in [4.69, 9.17) is 0 Å². The van der Waals surface area contributed by atoms with E-state index >= 15 is 0 Å². The van der Waals surface area contributed by atoms with Crippen LogP contribution in [0.3, 0.4) is 0 Å². The summed E-state index contributed by atoms with van der Waals surface area (Å²) in [7, 11) is 0. The van der Waals surface area contributed by atoms with Crippen LogP contribution in [0.25, 0.3) is 0 Å². The van der Waals surface area contributed by atoms with Crippen LogP contribution in [-0.4, -0.2) is 35.3 Å². The van der Waals surface area contributed by atoms with Crippen molar-refractivity contribution in [2.45, 2.75) is 71.4 Å². The van der Waals surface area contributed by atoms with Crippen LogP contribution < -0.4 is 10.6 Å². The van der Waals surface area contributed by atoms with Crippen LogP contribution in [0.15, 0.2) is 30.3 Å². The third-order valence-electron chi connectivity index (χ3n) is 5.20. The summed E-state index contributed by atoms with van der Waals surface area (Å²) in [5, 5.41) is 5.76. The molecule has 1 heterocycles. The lowest BCUT2D eigenvalue weighted by Gasteiger charge is -2.27. The molecule has 0 aliphatic carbocycles. The van der Waals surface area contributed by atoms with Gasteiger partial charge in [-0.25, -0.2) is 4.79 Å². The Morgan fingerprint density at radius 1 is 1.14 bits per heavy atom. The van der Waals surface area contributed by atoms with Crippen molar-refractivity contribution in [2.24, 2.45) is 5.92 Å². The number of carbonyl (C=O) groups excluding carboxylic acids is 3. The average Bonchev–Trinajstić information content (AvgIpc) is 2.87. The molecule has 1 saturated heterocycles. The van der Waals surface area contributed by atoms with Gasteiger partial charge in [0, 0.05) is 6.04 Å². The number of carbonyl (C=O) groups is 3. The van der Waals surface area contributed by atoms with Gasteiger partial charge in [-0.15, -0.1) is 0 Å². The Kier molecular flexibility index (Phi) is 7.61. The highest BCUT2D eigenvalue weighted by atomic mass is 16.2. The Bertz CT molecular complexity index is 690. The molecule has 1 aromatic rings. The van der Waals surface area contributed by atoms with E-state index in [0.717, 1.165) is 36.1 Å². The molecule has 1 aromatic carbocycles. The fourth-order valence-corrected chi connectivity index (χ4v) is 3.75. The number of imide groups is 1. The zero-order valence-corrected chi connectivity index (χ0v) is 17.5. The molecule has 6 heteroatoms. The maximum atomic E-state index is 13.2. The molecule has 28 heavy (non-hydrogen) atoms. The third kappa shape index (κ3) is 5.12. The van der Waals surface area contributed by atoms with E-state index in [1.54, 1.807) is 0 Å². The lowest BCUT2D eigenvalue weighted by atomic mass is 9.85. The highest BCUT2D eigenvalue weighted by Crippen LogP contribution is 2.33. The summed E-state index contributed by atoms with van der Waals surface area (Å²) in [6, 6.07) is 8.76. The summed E-state index contributed by atoms with van der Waals surface area (Å²) >= 11 is 0. The number of hydrogen-bond donors (Lipinski definition) is 2. The summed E-state index contributed by atoms with van der Waals surface area (Å²) in [6.07, 6.45) is 4.26. The maximum absolute atomic E-state index is 13.2. The molecule has 2 N–H and O–H groups in total. The van der Waals surface area contributed by atoms with Crippen molar-refractivity contribution < 1.29 is 14.4 Å². The molecule has 4 amide bonds. The van der Waals surface area contributed by atoms with Crippen molar-refractivity contribution in [1.29, 1.82) is 0 Å². The standard InChI is InChI=1S/C22H33N3O3/c1-5-14-22(18-12-7-6-8-13-18)20(27)25(21(28)24-22)15-19(26)23-17(4)11-9-10-16(2)3/h6-8,12-13,16-17H,5,9-11,14-15H2,1-4H3,(H,23,26)(H,24,28)/t17-,22+/m0/s1.